The van der Waals surface area contributed by atoms with Crippen molar-refractivity contribution < 1.29 is 23.1 Å². The van der Waals surface area contributed by atoms with Gasteiger partial charge in [0, 0.05) is 0 Å². The van der Waals surface area contributed by atoms with Crippen LogP contribution in [0.15, 0.2) is 0 Å². The van der Waals surface area contributed by atoms with E-state index in [1.165, 1.54) is 13.8 Å². The van der Waals surface area contributed by atoms with E-state index in [0.717, 1.165) is 0 Å². The van der Waals surface area contributed by atoms with Crippen molar-refractivity contribution in [1.29, 1.82) is 0 Å². The van der Waals surface area contributed by atoms with E-state index in [2.05, 4.69) is 0 Å². The molecule has 0 aromatic rings. The number of halogens is 3. The number of carboxylic acids is 1. The zero-order valence-electron chi connectivity index (χ0n) is 6.85. The van der Waals surface area contributed by atoms with Crippen LogP contribution in [0.1, 0.15) is 20.3 Å². The molecule has 0 aliphatic heterocycles. The smallest absolute Gasteiger partial charge is 0.392 e. The molecular weight excluding hydrogens is 173 g/mol. The molecule has 0 saturated carbocycles. The number of hydrogen-bond donors (Lipinski definition) is 1. The highest BCUT2D eigenvalue weighted by molar-refractivity contribution is 5.67. The van der Waals surface area contributed by atoms with E-state index >= 15 is 0 Å². The van der Waals surface area contributed by atoms with Gasteiger partial charge in [0.05, 0.1) is 12.3 Å². The maximum absolute atomic E-state index is 12.1. The van der Waals surface area contributed by atoms with Gasteiger partial charge in [0.15, 0.2) is 0 Å². The third-order valence-corrected chi connectivity index (χ3v) is 1.62. The van der Waals surface area contributed by atoms with Gasteiger partial charge in [0.2, 0.25) is 0 Å². The lowest BCUT2D eigenvalue weighted by atomic mass is 9.92. The Morgan fingerprint density at radius 3 is 1.92 bits per heavy atom. The molecule has 5 heteroatoms. The van der Waals surface area contributed by atoms with Crippen molar-refractivity contribution >= 4 is 5.97 Å². The SMILES string of the molecule is CC(C)[C@@H](CC(=O)O)C(F)(F)F. The van der Waals surface area contributed by atoms with Gasteiger partial charge in [0.25, 0.3) is 0 Å². The fourth-order valence-electron chi connectivity index (χ4n) is 0.918. The molecule has 0 amide bonds. The summed E-state index contributed by atoms with van der Waals surface area (Å²) in [5.41, 5.74) is 0. The molecule has 0 aromatic carbocycles. The second kappa shape index (κ2) is 3.78. The Balaban J connectivity index is 4.35. The lowest BCUT2D eigenvalue weighted by molar-refractivity contribution is -0.192. The molecule has 0 radical (unpaired) electrons. The first-order chi connectivity index (χ1) is 5.25. The summed E-state index contributed by atoms with van der Waals surface area (Å²) in [6, 6.07) is 0. The summed E-state index contributed by atoms with van der Waals surface area (Å²) in [5, 5.41) is 8.20. The summed E-state index contributed by atoms with van der Waals surface area (Å²) >= 11 is 0. The summed E-state index contributed by atoms with van der Waals surface area (Å²) in [4.78, 5) is 10.1. The highest BCUT2D eigenvalue weighted by Gasteiger charge is 2.42. The van der Waals surface area contributed by atoms with Crippen LogP contribution in [0.25, 0.3) is 0 Å². The van der Waals surface area contributed by atoms with Gasteiger partial charge in [-0.15, -0.1) is 0 Å². The van der Waals surface area contributed by atoms with Crippen LogP contribution in [0, 0.1) is 11.8 Å². The van der Waals surface area contributed by atoms with Crippen LogP contribution in [-0.4, -0.2) is 17.3 Å². The van der Waals surface area contributed by atoms with E-state index in [1.807, 2.05) is 0 Å². The van der Waals surface area contributed by atoms with Gasteiger partial charge in [-0.25, -0.2) is 0 Å². The first kappa shape index (κ1) is 11.3. The Bertz CT molecular complexity index is 163. The number of hydrogen-bond acceptors (Lipinski definition) is 1. The monoisotopic (exact) mass is 184 g/mol. The Hall–Kier alpha value is -0.740. The second-order valence-electron chi connectivity index (χ2n) is 2.99. The summed E-state index contributed by atoms with van der Waals surface area (Å²) in [7, 11) is 0. The van der Waals surface area contributed by atoms with Gasteiger partial charge in [-0.05, 0) is 5.92 Å². The number of carboxylic acid groups (broad SMARTS) is 1. The Morgan fingerprint density at radius 1 is 1.42 bits per heavy atom. The molecule has 0 spiro atoms. The molecule has 12 heavy (non-hydrogen) atoms. The Kier molecular flexibility index (Phi) is 3.55. The number of carbonyl (C=O) groups is 1. The van der Waals surface area contributed by atoms with Crippen LogP contribution in [0.4, 0.5) is 13.2 Å². The topological polar surface area (TPSA) is 37.3 Å². The zero-order valence-corrected chi connectivity index (χ0v) is 6.85. The van der Waals surface area contributed by atoms with Gasteiger partial charge in [-0.1, -0.05) is 13.8 Å². The van der Waals surface area contributed by atoms with Crippen molar-refractivity contribution in [3.05, 3.63) is 0 Å². The van der Waals surface area contributed by atoms with Crippen molar-refractivity contribution in [2.24, 2.45) is 11.8 Å². The maximum Gasteiger partial charge on any atom is 0.392 e. The second-order valence-corrected chi connectivity index (χ2v) is 2.99. The highest BCUT2D eigenvalue weighted by Crippen LogP contribution is 2.34. The zero-order chi connectivity index (χ0) is 9.94. The van der Waals surface area contributed by atoms with E-state index < -0.39 is 30.4 Å². The van der Waals surface area contributed by atoms with Gasteiger partial charge in [-0.3, -0.25) is 4.79 Å². The number of aliphatic carboxylic acids is 1. The molecule has 0 rings (SSSR count). The minimum Gasteiger partial charge on any atom is -0.481 e. The molecule has 0 bridgehead atoms. The van der Waals surface area contributed by atoms with Crippen LogP contribution in [-0.2, 0) is 4.79 Å². The molecule has 0 aliphatic carbocycles. The third kappa shape index (κ3) is 3.59. The largest absolute Gasteiger partial charge is 0.481 e. The summed E-state index contributed by atoms with van der Waals surface area (Å²) in [6.07, 6.45) is -5.26. The third-order valence-electron chi connectivity index (χ3n) is 1.62. The Labute approximate surface area is 68.4 Å². The number of rotatable bonds is 3. The van der Waals surface area contributed by atoms with E-state index in [1.54, 1.807) is 0 Å². The van der Waals surface area contributed by atoms with Crippen molar-refractivity contribution in [2.75, 3.05) is 0 Å². The molecule has 0 aliphatic rings. The average Bonchev–Trinajstić information content (AvgIpc) is 1.79. The quantitative estimate of drug-likeness (QED) is 0.730. The highest BCUT2D eigenvalue weighted by atomic mass is 19.4. The molecule has 1 atom stereocenters. The van der Waals surface area contributed by atoms with Crippen LogP contribution >= 0.6 is 0 Å². The fraction of sp³-hybridized carbons (Fsp3) is 0.857. The molecule has 2 nitrogen and oxygen atoms in total. The molecule has 0 unspecified atom stereocenters. The minimum absolute atomic E-state index is 0.693. The predicted octanol–water partition coefficient (Wildman–Crippen LogP) is 2.30. The van der Waals surface area contributed by atoms with Crippen LogP contribution in [0.3, 0.4) is 0 Å². The Morgan fingerprint density at radius 2 is 1.83 bits per heavy atom. The van der Waals surface area contributed by atoms with E-state index in [-0.39, 0.29) is 0 Å². The molecule has 0 fully saturated rings. The lowest BCUT2D eigenvalue weighted by Crippen LogP contribution is -2.29. The fourth-order valence-corrected chi connectivity index (χ4v) is 0.918. The lowest BCUT2D eigenvalue weighted by Gasteiger charge is -2.21. The van der Waals surface area contributed by atoms with Crippen LogP contribution < -0.4 is 0 Å². The molecule has 0 heterocycles. The first-order valence-corrected chi connectivity index (χ1v) is 3.53. The normalized spacial score (nSPS) is 14.8. The summed E-state index contributed by atoms with van der Waals surface area (Å²) in [6.45, 7) is 2.72. The van der Waals surface area contributed by atoms with Crippen molar-refractivity contribution in [1.82, 2.24) is 0 Å². The summed E-state index contributed by atoms with van der Waals surface area (Å²) < 4.78 is 36.2. The molecular formula is C7H11F3O2. The van der Waals surface area contributed by atoms with E-state index in [9.17, 15) is 18.0 Å². The van der Waals surface area contributed by atoms with E-state index in [4.69, 9.17) is 5.11 Å². The van der Waals surface area contributed by atoms with Crippen LogP contribution in [0.5, 0.6) is 0 Å². The minimum atomic E-state index is -4.41. The van der Waals surface area contributed by atoms with Crippen LogP contribution in [0.2, 0.25) is 0 Å². The van der Waals surface area contributed by atoms with Crippen molar-refractivity contribution in [2.45, 2.75) is 26.4 Å². The molecule has 0 saturated heterocycles. The average molecular weight is 184 g/mol. The van der Waals surface area contributed by atoms with Gasteiger partial charge in [0.1, 0.15) is 0 Å². The molecule has 0 aromatic heterocycles. The molecule has 72 valence electrons. The number of alkyl halides is 3. The van der Waals surface area contributed by atoms with Crippen molar-refractivity contribution in [3.8, 4) is 0 Å². The maximum atomic E-state index is 12.1. The van der Waals surface area contributed by atoms with Gasteiger partial charge >= 0.3 is 12.1 Å². The van der Waals surface area contributed by atoms with Crippen molar-refractivity contribution in [3.63, 3.8) is 0 Å². The predicted molar refractivity (Wildman–Crippen MR) is 36.6 cm³/mol. The first-order valence-electron chi connectivity index (χ1n) is 3.53. The standard InChI is InChI=1S/C7H11F3O2/c1-4(2)5(3-6(11)12)7(8,9)10/h4-5H,3H2,1-2H3,(H,11,12)/t5-/m1/s1. The summed E-state index contributed by atoms with van der Waals surface area (Å²) in [5.74, 6) is -3.85. The van der Waals surface area contributed by atoms with E-state index in [0.29, 0.717) is 0 Å². The van der Waals surface area contributed by atoms with Gasteiger partial charge < -0.3 is 5.11 Å². The van der Waals surface area contributed by atoms with Gasteiger partial charge in [-0.2, -0.15) is 13.2 Å². The molecule has 1 N–H and O–H groups in total.